The SMILES string of the molecule is C=C(CC1CC(=O)N(CCN2CCOC2c2ccc(C(C)(C)C)cc2)C1=O)CC(C)(C)C(C)(C)C(C)(C)C(C)(C)C. The Balaban J connectivity index is 1.60. The van der Waals surface area contributed by atoms with E-state index in [9.17, 15) is 9.59 Å². The predicted molar refractivity (Wildman–Crippen MR) is 169 cm³/mol. The van der Waals surface area contributed by atoms with Crippen LogP contribution < -0.4 is 0 Å². The summed E-state index contributed by atoms with van der Waals surface area (Å²) in [6.45, 7) is 34.6. The number of benzene rings is 1. The second-order valence-corrected chi connectivity index (χ2v) is 16.4. The van der Waals surface area contributed by atoms with Crippen molar-refractivity contribution in [2.75, 3.05) is 26.2 Å². The molecule has 3 rings (SSSR count). The summed E-state index contributed by atoms with van der Waals surface area (Å²) in [6.07, 6.45) is 1.55. The van der Waals surface area contributed by atoms with Gasteiger partial charge in [-0.2, -0.15) is 0 Å². The average Bonchev–Trinajstić information content (AvgIpc) is 3.40. The van der Waals surface area contributed by atoms with Crippen LogP contribution in [-0.4, -0.2) is 47.9 Å². The van der Waals surface area contributed by atoms with Crippen LogP contribution in [0.3, 0.4) is 0 Å². The Bertz CT molecular complexity index is 1110. The summed E-state index contributed by atoms with van der Waals surface area (Å²) in [5.74, 6) is -0.415. The van der Waals surface area contributed by atoms with Gasteiger partial charge in [-0.05, 0) is 51.0 Å². The van der Waals surface area contributed by atoms with E-state index < -0.39 is 0 Å². The van der Waals surface area contributed by atoms with Crippen LogP contribution >= 0.6 is 0 Å². The minimum Gasteiger partial charge on any atom is -0.358 e. The smallest absolute Gasteiger partial charge is 0.233 e. The second kappa shape index (κ2) is 11.6. The van der Waals surface area contributed by atoms with E-state index in [1.807, 2.05) is 0 Å². The first-order valence-corrected chi connectivity index (χ1v) is 15.6. The van der Waals surface area contributed by atoms with E-state index in [-0.39, 0.29) is 57.5 Å². The Morgan fingerprint density at radius 3 is 2.00 bits per heavy atom. The Kier molecular flexibility index (Phi) is 9.48. The molecule has 5 nitrogen and oxygen atoms in total. The Morgan fingerprint density at radius 2 is 1.46 bits per heavy atom. The molecular formula is C36H58N2O3. The zero-order chi connectivity index (χ0) is 31.2. The van der Waals surface area contributed by atoms with Crippen molar-refractivity contribution in [2.24, 2.45) is 27.6 Å². The van der Waals surface area contributed by atoms with Crippen molar-refractivity contribution in [3.63, 3.8) is 0 Å². The number of carbonyl (C=O) groups excluding carboxylic acids is 2. The number of rotatable bonds is 10. The van der Waals surface area contributed by atoms with Crippen LogP contribution in [-0.2, 0) is 19.7 Å². The van der Waals surface area contributed by atoms with Gasteiger partial charge in [0, 0.05) is 26.1 Å². The summed E-state index contributed by atoms with van der Waals surface area (Å²) in [5.41, 5.74) is 3.77. The quantitative estimate of drug-likeness (QED) is 0.212. The van der Waals surface area contributed by atoms with Crippen LogP contribution in [0.25, 0.3) is 0 Å². The van der Waals surface area contributed by atoms with Crippen molar-refractivity contribution >= 4 is 11.8 Å². The van der Waals surface area contributed by atoms with Gasteiger partial charge in [-0.25, -0.2) is 0 Å². The fourth-order valence-electron chi connectivity index (χ4n) is 6.61. The van der Waals surface area contributed by atoms with E-state index >= 15 is 0 Å². The number of amides is 2. The topological polar surface area (TPSA) is 49.9 Å². The maximum Gasteiger partial charge on any atom is 0.233 e. The molecule has 2 saturated heterocycles. The van der Waals surface area contributed by atoms with Gasteiger partial charge in [-0.1, -0.05) is 120 Å². The van der Waals surface area contributed by atoms with Crippen molar-refractivity contribution in [3.8, 4) is 0 Å². The van der Waals surface area contributed by atoms with E-state index in [0.717, 1.165) is 24.1 Å². The van der Waals surface area contributed by atoms with Crippen LogP contribution in [0.1, 0.15) is 120 Å². The molecule has 0 saturated carbocycles. The number of allylic oxidation sites excluding steroid dienone is 1. The van der Waals surface area contributed by atoms with Crippen molar-refractivity contribution < 1.29 is 14.3 Å². The second-order valence-electron chi connectivity index (χ2n) is 16.4. The van der Waals surface area contributed by atoms with Gasteiger partial charge in [0.05, 0.1) is 12.5 Å². The van der Waals surface area contributed by atoms with E-state index in [0.29, 0.717) is 26.1 Å². The monoisotopic (exact) mass is 566 g/mol. The third kappa shape index (κ3) is 6.82. The van der Waals surface area contributed by atoms with Crippen LogP contribution in [0.5, 0.6) is 0 Å². The molecule has 2 heterocycles. The minimum absolute atomic E-state index is 0.0180. The number of nitrogens with zero attached hydrogens (tertiary/aromatic N) is 2. The third-order valence-corrected chi connectivity index (χ3v) is 11.4. The first-order chi connectivity index (χ1) is 18.6. The summed E-state index contributed by atoms with van der Waals surface area (Å²) >= 11 is 0. The van der Waals surface area contributed by atoms with Gasteiger partial charge < -0.3 is 4.74 Å². The number of carbonyl (C=O) groups is 2. The molecule has 5 heteroatoms. The summed E-state index contributed by atoms with van der Waals surface area (Å²) in [4.78, 5) is 30.1. The molecule has 1 aromatic carbocycles. The van der Waals surface area contributed by atoms with Crippen LogP contribution in [0, 0.1) is 27.6 Å². The number of ether oxygens (including phenoxy) is 1. The summed E-state index contributed by atoms with van der Waals surface area (Å²) in [6, 6.07) is 8.63. The van der Waals surface area contributed by atoms with Crippen molar-refractivity contribution in [3.05, 3.63) is 47.5 Å². The van der Waals surface area contributed by atoms with Crippen molar-refractivity contribution in [2.45, 2.75) is 114 Å². The fourth-order valence-corrected chi connectivity index (χ4v) is 6.61. The Hall–Kier alpha value is -1.98. The average molecular weight is 567 g/mol. The minimum atomic E-state index is -0.305. The molecule has 41 heavy (non-hydrogen) atoms. The van der Waals surface area contributed by atoms with Crippen LogP contribution in [0.4, 0.5) is 0 Å². The molecule has 230 valence electrons. The van der Waals surface area contributed by atoms with Gasteiger partial charge in [0.25, 0.3) is 0 Å². The van der Waals surface area contributed by atoms with Gasteiger partial charge in [-0.3, -0.25) is 19.4 Å². The molecule has 2 atom stereocenters. The van der Waals surface area contributed by atoms with Gasteiger partial charge in [0.2, 0.25) is 11.8 Å². The van der Waals surface area contributed by atoms with Crippen LogP contribution in [0.2, 0.25) is 0 Å². The van der Waals surface area contributed by atoms with Crippen molar-refractivity contribution in [1.29, 1.82) is 0 Å². The first-order valence-electron chi connectivity index (χ1n) is 15.6. The highest BCUT2D eigenvalue weighted by Crippen LogP contribution is 2.60. The molecule has 0 aliphatic carbocycles. The number of hydrogen-bond acceptors (Lipinski definition) is 4. The molecule has 2 aliphatic heterocycles. The van der Waals surface area contributed by atoms with Gasteiger partial charge >= 0.3 is 0 Å². The zero-order valence-corrected chi connectivity index (χ0v) is 28.2. The molecule has 2 unspecified atom stereocenters. The number of hydrogen-bond donors (Lipinski definition) is 0. The van der Waals surface area contributed by atoms with E-state index in [4.69, 9.17) is 4.74 Å². The molecule has 0 spiro atoms. The lowest BCUT2D eigenvalue weighted by atomic mass is 9.47. The maximum atomic E-state index is 13.4. The summed E-state index contributed by atoms with van der Waals surface area (Å²) in [5, 5.41) is 0. The molecule has 1 aromatic rings. The molecule has 0 bridgehead atoms. The lowest BCUT2D eigenvalue weighted by Gasteiger charge is -2.58. The Morgan fingerprint density at radius 1 is 0.878 bits per heavy atom. The zero-order valence-electron chi connectivity index (χ0n) is 28.2. The maximum absolute atomic E-state index is 13.4. The summed E-state index contributed by atoms with van der Waals surface area (Å²) in [7, 11) is 0. The highest BCUT2D eigenvalue weighted by Gasteiger charge is 2.53. The highest BCUT2D eigenvalue weighted by atomic mass is 16.5. The van der Waals surface area contributed by atoms with E-state index in [2.05, 4.69) is 119 Å². The molecule has 2 aliphatic rings. The largest absolute Gasteiger partial charge is 0.358 e. The lowest BCUT2D eigenvalue weighted by Crippen LogP contribution is -2.51. The van der Waals surface area contributed by atoms with Gasteiger partial charge in [-0.15, -0.1) is 0 Å². The number of likely N-dealkylation sites (tertiary alicyclic amines) is 1. The lowest BCUT2D eigenvalue weighted by molar-refractivity contribution is -0.139. The molecule has 0 aromatic heterocycles. The van der Waals surface area contributed by atoms with E-state index in [1.165, 1.54) is 10.5 Å². The standard InChI is InChI=1S/C36H58N2O3/c1-25(24-34(8,9)36(12,13)35(10,11)33(5,6)7)22-27-23-29(39)38(30(27)40)19-18-37-20-21-41-31(37)26-14-16-28(17-15-26)32(2,3)4/h14-17,27,31H,1,18-24H2,2-13H3. The summed E-state index contributed by atoms with van der Waals surface area (Å²) < 4.78 is 6.06. The van der Waals surface area contributed by atoms with Crippen molar-refractivity contribution in [1.82, 2.24) is 9.80 Å². The van der Waals surface area contributed by atoms with Gasteiger partial charge in [0.15, 0.2) is 0 Å². The number of imide groups is 1. The predicted octanol–water partition coefficient (Wildman–Crippen LogP) is 8.15. The highest BCUT2D eigenvalue weighted by molar-refractivity contribution is 6.03. The third-order valence-electron chi connectivity index (χ3n) is 11.4. The molecular weight excluding hydrogens is 508 g/mol. The molecule has 0 radical (unpaired) electrons. The Labute approximate surface area is 251 Å². The first kappa shape index (κ1) is 33.5. The molecule has 2 amide bonds. The molecule has 0 N–H and O–H groups in total. The fraction of sp³-hybridized carbons (Fsp3) is 0.722. The normalized spacial score (nSPS) is 21.7. The van der Waals surface area contributed by atoms with Gasteiger partial charge in [0.1, 0.15) is 6.23 Å². The molecule has 2 fully saturated rings. The van der Waals surface area contributed by atoms with E-state index in [1.54, 1.807) is 0 Å². The van der Waals surface area contributed by atoms with Crippen LogP contribution in [0.15, 0.2) is 36.4 Å².